The number of ether oxygens (including phenoxy) is 1. The maximum atomic E-state index is 10.6. The van der Waals surface area contributed by atoms with Gasteiger partial charge in [-0.15, -0.1) is 11.3 Å². The van der Waals surface area contributed by atoms with Gasteiger partial charge in [-0.1, -0.05) is 6.07 Å². The molecule has 2 rings (SSSR count). The standard InChI is InChI=1S/C14H15NO3S/c1-9-3-4-12(5-10(9)2)18-7-13-15-11(8-19-13)6-14(16)17/h3-5,8H,6-7H2,1-2H3,(H,16,17). The van der Waals surface area contributed by atoms with Crippen LogP contribution in [0, 0.1) is 13.8 Å². The number of carboxylic acid groups (broad SMARTS) is 1. The summed E-state index contributed by atoms with van der Waals surface area (Å²) in [7, 11) is 0. The minimum Gasteiger partial charge on any atom is -0.486 e. The molecule has 0 aliphatic heterocycles. The number of nitrogens with zero attached hydrogens (tertiary/aromatic N) is 1. The summed E-state index contributed by atoms with van der Waals surface area (Å²) in [6, 6.07) is 5.93. The summed E-state index contributed by atoms with van der Waals surface area (Å²) in [5.41, 5.74) is 2.99. The van der Waals surface area contributed by atoms with Crippen molar-refractivity contribution in [2.75, 3.05) is 0 Å². The number of aryl methyl sites for hydroxylation is 2. The summed E-state index contributed by atoms with van der Waals surface area (Å²) >= 11 is 1.42. The molecule has 1 aromatic carbocycles. The first-order valence-electron chi connectivity index (χ1n) is 5.89. The van der Waals surface area contributed by atoms with Crippen molar-refractivity contribution in [1.82, 2.24) is 4.98 Å². The third-order valence-corrected chi connectivity index (χ3v) is 3.64. The fourth-order valence-electron chi connectivity index (χ4n) is 1.60. The fourth-order valence-corrected chi connectivity index (χ4v) is 2.31. The Morgan fingerprint density at radius 1 is 1.37 bits per heavy atom. The third kappa shape index (κ3) is 3.79. The Bertz CT molecular complexity index is 592. The van der Waals surface area contributed by atoms with E-state index in [2.05, 4.69) is 11.9 Å². The fraction of sp³-hybridized carbons (Fsp3) is 0.286. The van der Waals surface area contributed by atoms with Gasteiger partial charge in [-0.25, -0.2) is 4.98 Å². The number of thiazole rings is 1. The van der Waals surface area contributed by atoms with Crippen molar-refractivity contribution in [3.8, 4) is 5.75 Å². The zero-order valence-electron chi connectivity index (χ0n) is 10.8. The Hall–Kier alpha value is -1.88. The average Bonchev–Trinajstić information content (AvgIpc) is 2.77. The van der Waals surface area contributed by atoms with E-state index in [1.54, 1.807) is 5.38 Å². The molecule has 0 saturated heterocycles. The predicted octanol–water partition coefficient (Wildman–Crippen LogP) is 2.97. The van der Waals surface area contributed by atoms with Gasteiger partial charge in [0.25, 0.3) is 0 Å². The zero-order valence-corrected chi connectivity index (χ0v) is 11.7. The van der Waals surface area contributed by atoms with Gasteiger partial charge in [0.05, 0.1) is 12.1 Å². The third-order valence-electron chi connectivity index (χ3n) is 2.77. The first-order valence-corrected chi connectivity index (χ1v) is 6.77. The van der Waals surface area contributed by atoms with Crippen LogP contribution in [0.25, 0.3) is 0 Å². The molecule has 0 bridgehead atoms. The van der Waals surface area contributed by atoms with E-state index in [9.17, 15) is 4.79 Å². The molecule has 1 aromatic heterocycles. The lowest BCUT2D eigenvalue weighted by atomic mass is 10.1. The summed E-state index contributed by atoms with van der Waals surface area (Å²) in [4.78, 5) is 14.8. The van der Waals surface area contributed by atoms with Crippen molar-refractivity contribution < 1.29 is 14.6 Å². The monoisotopic (exact) mass is 277 g/mol. The van der Waals surface area contributed by atoms with Gasteiger partial charge in [0.2, 0.25) is 0 Å². The van der Waals surface area contributed by atoms with E-state index in [0.29, 0.717) is 12.3 Å². The highest BCUT2D eigenvalue weighted by molar-refractivity contribution is 7.09. The Balaban J connectivity index is 1.96. The van der Waals surface area contributed by atoms with E-state index in [0.717, 1.165) is 10.8 Å². The lowest BCUT2D eigenvalue weighted by molar-refractivity contribution is -0.136. The van der Waals surface area contributed by atoms with Crippen LogP contribution in [0.4, 0.5) is 0 Å². The maximum absolute atomic E-state index is 10.6. The maximum Gasteiger partial charge on any atom is 0.309 e. The summed E-state index contributed by atoms with van der Waals surface area (Å²) in [5, 5.41) is 11.2. The molecule has 2 aromatic rings. The topological polar surface area (TPSA) is 59.4 Å². The van der Waals surface area contributed by atoms with Gasteiger partial charge in [0.1, 0.15) is 17.4 Å². The van der Waals surface area contributed by atoms with Crippen LogP contribution < -0.4 is 4.74 Å². The Morgan fingerprint density at radius 3 is 2.84 bits per heavy atom. The van der Waals surface area contributed by atoms with Gasteiger partial charge < -0.3 is 9.84 Å². The molecule has 4 nitrogen and oxygen atoms in total. The highest BCUT2D eigenvalue weighted by Crippen LogP contribution is 2.19. The van der Waals surface area contributed by atoms with Crippen molar-refractivity contribution in [2.45, 2.75) is 26.9 Å². The number of hydrogen-bond donors (Lipinski definition) is 1. The number of aromatic nitrogens is 1. The van der Waals surface area contributed by atoms with Crippen molar-refractivity contribution >= 4 is 17.3 Å². The number of carboxylic acids is 1. The van der Waals surface area contributed by atoms with E-state index >= 15 is 0 Å². The molecule has 0 amide bonds. The van der Waals surface area contributed by atoms with Crippen LogP contribution in [0.3, 0.4) is 0 Å². The van der Waals surface area contributed by atoms with E-state index in [-0.39, 0.29) is 6.42 Å². The molecule has 0 fully saturated rings. The summed E-state index contributed by atoms with van der Waals surface area (Å²) in [6.07, 6.45) is -0.0415. The highest BCUT2D eigenvalue weighted by atomic mass is 32.1. The second-order valence-electron chi connectivity index (χ2n) is 4.34. The normalized spacial score (nSPS) is 10.4. The lowest BCUT2D eigenvalue weighted by Gasteiger charge is -2.06. The molecule has 0 unspecified atom stereocenters. The minimum absolute atomic E-state index is 0.0415. The molecule has 0 aliphatic rings. The van der Waals surface area contributed by atoms with Crippen molar-refractivity contribution in [3.63, 3.8) is 0 Å². The quantitative estimate of drug-likeness (QED) is 0.912. The second kappa shape index (κ2) is 5.84. The lowest BCUT2D eigenvalue weighted by Crippen LogP contribution is -2.01. The average molecular weight is 277 g/mol. The Labute approximate surface area is 115 Å². The molecular weight excluding hydrogens is 262 g/mol. The number of hydrogen-bond acceptors (Lipinski definition) is 4. The Morgan fingerprint density at radius 2 is 2.16 bits per heavy atom. The molecule has 0 aliphatic carbocycles. The minimum atomic E-state index is -0.869. The van der Waals surface area contributed by atoms with E-state index in [1.165, 1.54) is 22.5 Å². The van der Waals surface area contributed by atoms with E-state index < -0.39 is 5.97 Å². The second-order valence-corrected chi connectivity index (χ2v) is 5.28. The zero-order chi connectivity index (χ0) is 13.8. The van der Waals surface area contributed by atoms with Crippen LogP contribution in [-0.4, -0.2) is 16.1 Å². The molecule has 1 heterocycles. The first kappa shape index (κ1) is 13.5. The van der Waals surface area contributed by atoms with Gasteiger partial charge >= 0.3 is 5.97 Å². The highest BCUT2D eigenvalue weighted by Gasteiger charge is 2.07. The molecule has 0 atom stereocenters. The smallest absolute Gasteiger partial charge is 0.309 e. The number of benzene rings is 1. The van der Waals surface area contributed by atoms with Crippen molar-refractivity contribution in [2.24, 2.45) is 0 Å². The number of rotatable bonds is 5. The molecule has 19 heavy (non-hydrogen) atoms. The number of carbonyl (C=O) groups is 1. The molecule has 0 spiro atoms. The number of aliphatic carboxylic acids is 1. The van der Waals surface area contributed by atoms with Gasteiger partial charge in [0.15, 0.2) is 0 Å². The first-order chi connectivity index (χ1) is 9.04. The molecule has 0 saturated carbocycles. The van der Waals surface area contributed by atoms with Gasteiger partial charge in [-0.2, -0.15) is 0 Å². The van der Waals surface area contributed by atoms with Crippen LogP contribution in [-0.2, 0) is 17.8 Å². The molecular formula is C14H15NO3S. The van der Waals surface area contributed by atoms with E-state index in [1.807, 2.05) is 25.1 Å². The van der Waals surface area contributed by atoms with Crippen molar-refractivity contribution in [1.29, 1.82) is 0 Å². The largest absolute Gasteiger partial charge is 0.486 e. The Kier molecular flexibility index (Phi) is 4.16. The summed E-state index contributed by atoms with van der Waals surface area (Å²) < 4.78 is 5.65. The molecule has 0 radical (unpaired) electrons. The molecule has 1 N–H and O–H groups in total. The predicted molar refractivity (Wildman–Crippen MR) is 73.7 cm³/mol. The van der Waals surface area contributed by atoms with Crippen LogP contribution >= 0.6 is 11.3 Å². The van der Waals surface area contributed by atoms with Crippen LogP contribution in [0.2, 0.25) is 0 Å². The van der Waals surface area contributed by atoms with Crippen LogP contribution in [0.1, 0.15) is 21.8 Å². The van der Waals surface area contributed by atoms with Crippen LogP contribution in [0.5, 0.6) is 5.75 Å². The summed E-state index contributed by atoms with van der Waals surface area (Å²) in [6.45, 7) is 4.46. The molecule has 100 valence electrons. The van der Waals surface area contributed by atoms with Gasteiger partial charge in [-0.05, 0) is 37.1 Å². The summed E-state index contributed by atoms with van der Waals surface area (Å²) in [5.74, 6) is -0.0648. The van der Waals surface area contributed by atoms with Crippen LogP contribution in [0.15, 0.2) is 23.6 Å². The van der Waals surface area contributed by atoms with Gasteiger partial charge in [-0.3, -0.25) is 4.79 Å². The molecule has 5 heteroatoms. The van der Waals surface area contributed by atoms with Gasteiger partial charge in [0, 0.05) is 5.38 Å². The van der Waals surface area contributed by atoms with E-state index in [4.69, 9.17) is 9.84 Å². The SMILES string of the molecule is Cc1ccc(OCc2nc(CC(=O)O)cs2)cc1C. The van der Waals surface area contributed by atoms with Crippen molar-refractivity contribution in [3.05, 3.63) is 45.4 Å².